The number of nitrogens with zero attached hydrogens (tertiary/aromatic N) is 3. The highest BCUT2D eigenvalue weighted by Crippen LogP contribution is 2.25. The molecule has 1 fully saturated rings. The second-order valence-electron chi connectivity index (χ2n) is 5.45. The summed E-state index contributed by atoms with van der Waals surface area (Å²) in [5.74, 6) is 0. The van der Waals surface area contributed by atoms with Crippen LogP contribution in [0, 0.1) is 0 Å². The van der Waals surface area contributed by atoms with Crippen LogP contribution in [0.1, 0.15) is 31.4 Å². The molecule has 2 unspecified atom stereocenters. The van der Waals surface area contributed by atoms with E-state index in [1.54, 1.807) is 0 Å². The van der Waals surface area contributed by atoms with Crippen LogP contribution in [0.5, 0.6) is 0 Å². The van der Waals surface area contributed by atoms with E-state index in [0.717, 1.165) is 13.1 Å². The van der Waals surface area contributed by atoms with Gasteiger partial charge in [0.25, 0.3) is 0 Å². The zero-order chi connectivity index (χ0) is 13.7. The molecule has 106 valence electrons. The summed E-state index contributed by atoms with van der Waals surface area (Å²) in [5.41, 5.74) is 7.35. The van der Waals surface area contributed by atoms with Crippen LogP contribution in [-0.4, -0.2) is 54.1 Å². The zero-order valence-corrected chi connectivity index (χ0v) is 12.1. The molecule has 4 heteroatoms. The maximum atomic E-state index is 6.06. The van der Waals surface area contributed by atoms with Crippen molar-refractivity contribution in [2.45, 2.75) is 31.8 Å². The molecule has 1 aromatic rings. The molecule has 1 aliphatic heterocycles. The third kappa shape index (κ3) is 3.53. The zero-order valence-electron chi connectivity index (χ0n) is 12.1. The van der Waals surface area contributed by atoms with E-state index >= 15 is 0 Å². The van der Waals surface area contributed by atoms with Gasteiger partial charge in [-0.3, -0.25) is 9.88 Å². The van der Waals surface area contributed by atoms with Crippen molar-refractivity contribution in [2.75, 3.05) is 33.2 Å². The quantitative estimate of drug-likeness (QED) is 0.893. The Morgan fingerprint density at radius 2 is 2.11 bits per heavy atom. The molecule has 2 N–H and O–H groups in total. The summed E-state index contributed by atoms with van der Waals surface area (Å²) in [7, 11) is 2.22. The minimum atomic E-state index is 0.319. The highest BCUT2D eigenvalue weighted by molar-refractivity contribution is 5.16. The molecule has 0 bridgehead atoms. The van der Waals surface area contributed by atoms with E-state index in [1.807, 2.05) is 12.4 Å². The Morgan fingerprint density at radius 3 is 2.74 bits per heavy atom. The Morgan fingerprint density at radius 1 is 1.37 bits per heavy atom. The van der Waals surface area contributed by atoms with Crippen molar-refractivity contribution >= 4 is 0 Å². The van der Waals surface area contributed by atoms with Crippen LogP contribution in [0.3, 0.4) is 0 Å². The number of hydrogen-bond acceptors (Lipinski definition) is 4. The smallest absolute Gasteiger partial charge is 0.0475 e. The van der Waals surface area contributed by atoms with Gasteiger partial charge in [0.15, 0.2) is 0 Å². The van der Waals surface area contributed by atoms with E-state index < -0.39 is 0 Å². The van der Waals surface area contributed by atoms with Crippen molar-refractivity contribution in [1.29, 1.82) is 0 Å². The van der Waals surface area contributed by atoms with Gasteiger partial charge in [-0.05, 0) is 44.1 Å². The Hall–Kier alpha value is -0.970. The van der Waals surface area contributed by atoms with Gasteiger partial charge in [-0.15, -0.1) is 0 Å². The van der Waals surface area contributed by atoms with Crippen LogP contribution in [0.15, 0.2) is 24.5 Å². The lowest BCUT2D eigenvalue weighted by molar-refractivity contribution is 0.131. The summed E-state index contributed by atoms with van der Waals surface area (Å²) < 4.78 is 0. The van der Waals surface area contributed by atoms with Gasteiger partial charge in [0, 0.05) is 44.1 Å². The Labute approximate surface area is 116 Å². The van der Waals surface area contributed by atoms with Gasteiger partial charge in [-0.2, -0.15) is 0 Å². The molecule has 1 aliphatic rings. The lowest BCUT2D eigenvalue weighted by Crippen LogP contribution is -2.44. The summed E-state index contributed by atoms with van der Waals surface area (Å²) in [6, 6.07) is 5.10. The normalized spacial score (nSPS) is 24.1. The van der Waals surface area contributed by atoms with Gasteiger partial charge < -0.3 is 10.6 Å². The maximum Gasteiger partial charge on any atom is 0.0475 e. The molecular weight excluding hydrogens is 236 g/mol. The molecule has 1 saturated heterocycles. The summed E-state index contributed by atoms with van der Waals surface area (Å²) in [6.07, 6.45) is 6.12. The molecule has 2 heterocycles. The highest BCUT2D eigenvalue weighted by atomic mass is 15.3. The van der Waals surface area contributed by atoms with E-state index in [2.05, 4.69) is 40.9 Å². The van der Waals surface area contributed by atoms with Gasteiger partial charge in [0.2, 0.25) is 0 Å². The minimum absolute atomic E-state index is 0.319. The first-order valence-corrected chi connectivity index (χ1v) is 7.30. The predicted octanol–water partition coefficient (Wildman–Crippen LogP) is 1.50. The van der Waals surface area contributed by atoms with Gasteiger partial charge in [0.05, 0.1) is 0 Å². The van der Waals surface area contributed by atoms with E-state index in [9.17, 15) is 0 Å². The second kappa shape index (κ2) is 6.98. The molecule has 0 aliphatic carbocycles. The summed E-state index contributed by atoms with van der Waals surface area (Å²) in [6.45, 7) is 6.40. The number of nitrogens with two attached hydrogens (primary N) is 1. The largest absolute Gasteiger partial charge is 0.329 e. The van der Waals surface area contributed by atoms with E-state index in [1.165, 1.54) is 24.9 Å². The number of pyridine rings is 1. The topological polar surface area (TPSA) is 45.4 Å². The maximum absolute atomic E-state index is 6.06. The van der Waals surface area contributed by atoms with Crippen molar-refractivity contribution in [2.24, 2.45) is 5.73 Å². The van der Waals surface area contributed by atoms with Crippen molar-refractivity contribution < 1.29 is 0 Å². The van der Waals surface area contributed by atoms with Crippen LogP contribution >= 0.6 is 0 Å². The summed E-state index contributed by atoms with van der Waals surface area (Å²) in [5, 5.41) is 0. The lowest BCUT2D eigenvalue weighted by atomic mass is 10.0. The van der Waals surface area contributed by atoms with Gasteiger partial charge in [-0.1, -0.05) is 6.92 Å². The highest BCUT2D eigenvalue weighted by Gasteiger charge is 2.28. The van der Waals surface area contributed by atoms with Crippen molar-refractivity contribution in [1.82, 2.24) is 14.8 Å². The number of rotatable bonds is 4. The molecule has 0 saturated carbocycles. The summed E-state index contributed by atoms with van der Waals surface area (Å²) in [4.78, 5) is 9.14. The summed E-state index contributed by atoms with van der Waals surface area (Å²) >= 11 is 0. The fourth-order valence-electron chi connectivity index (χ4n) is 3.08. The third-order valence-corrected chi connectivity index (χ3v) is 4.13. The average molecular weight is 262 g/mol. The lowest BCUT2D eigenvalue weighted by Gasteiger charge is -2.36. The van der Waals surface area contributed by atoms with Crippen molar-refractivity contribution in [3.63, 3.8) is 0 Å². The number of hydrogen-bond donors (Lipinski definition) is 1. The van der Waals surface area contributed by atoms with Gasteiger partial charge in [-0.25, -0.2) is 0 Å². The molecule has 19 heavy (non-hydrogen) atoms. The van der Waals surface area contributed by atoms with E-state index in [0.29, 0.717) is 18.6 Å². The Kier molecular flexibility index (Phi) is 5.31. The standard InChI is InChI=1S/C15H26N4/c1-3-14-12-18(2)9-4-10-19(14)15(11-16)13-5-7-17-8-6-13/h5-8,14-15H,3-4,9-12,16H2,1-2H3. The van der Waals surface area contributed by atoms with Crippen LogP contribution in [0.25, 0.3) is 0 Å². The van der Waals surface area contributed by atoms with Crippen LogP contribution in [0.4, 0.5) is 0 Å². The average Bonchev–Trinajstić information content (AvgIpc) is 2.63. The fraction of sp³-hybridized carbons (Fsp3) is 0.667. The fourth-order valence-corrected chi connectivity index (χ4v) is 3.08. The molecule has 2 atom stereocenters. The van der Waals surface area contributed by atoms with E-state index in [-0.39, 0.29) is 0 Å². The van der Waals surface area contributed by atoms with Crippen LogP contribution < -0.4 is 5.73 Å². The number of likely N-dealkylation sites (N-methyl/N-ethyl adjacent to an activating group) is 1. The Bertz CT molecular complexity index is 368. The van der Waals surface area contributed by atoms with Gasteiger partial charge in [0.1, 0.15) is 0 Å². The van der Waals surface area contributed by atoms with Crippen molar-refractivity contribution in [3.05, 3.63) is 30.1 Å². The molecule has 0 amide bonds. The molecule has 2 rings (SSSR count). The Balaban J connectivity index is 2.20. The molecule has 1 aromatic heterocycles. The SMILES string of the molecule is CCC1CN(C)CCCN1C(CN)c1ccncc1. The van der Waals surface area contributed by atoms with E-state index in [4.69, 9.17) is 5.73 Å². The monoisotopic (exact) mass is 262 g/mol. The minimum Gasteiger partial charge on any atom is -0.329 e. The van der Waals surface area contributed by atoms with Crippen LogP contribution in [0.2, 0.25) is 0 Å². The van der Waals surface area contributed by atoms with Crippen LogP contribution in [-0.2, 0) is 0 Å². The second-order valence-corrected chi connectivity index (χ2v) is 5.45. The predicted molar refractivity (Wildman–Crippen MR) is 78.9 cm³/mol. The third-order valence-electron chi connectivity index (χ3n) is 4.13. The molecular formula is C15H26N4. The van der Waals surface area contributed by atoms with Gasteiger partial charge >= 0.3 is 0 Å². The molecule has 0 aromatic carbocycles. The first-order chi connectivity index (χ1) is 9.26. The number of aromatic nitrogens is 1. The first kappa shape index (κ1) is 14.4. The molecule has 4 nitrogen and oxygen atoms in total. The molecule has 0 radical (unpaired) electrons. The molecule has 0 spiro atoms. The van der Waals surface area contributed by atoms with Crippen molar-refractivity contribution in [3.8, 4) is 0 Å². The first-order valence-electron chi connectivity index (χ1n) is 7.30.